The molecule has 0 saturated carbocycles. The molecule has 0 aliphatic rings. The van der Waals surface area contributed by atoms with Crippen LogP contribution in [0.5, 0.6) is 5.75 Å². The van der Waals surface area contributed by atoms with Crippen LogP contribution in [-0.2, 0) is 18.9 Å². The Kier molecular flexibility index (Phi) is 8.15. The van der Waals surface area contributed by atoms with E-state index in [0.717, 1.165) is 10.6 Å². The smallest absolute Gasteiger partial charge is 0.425 e. The maximum Gasteiger partial charge on any atom is 0.425 e. The van der Waals surface area contributed by atoms with Crippen molar-refractivity contribution in [3.05, 3.63) is 80.6 Å². The minimum Gasteiger partial charge on any atom is -0.488 e. The molecule has 4 aromatic rings. The third-order valence-corrected chi connectivity index (χ3v) is 6.08. The molecule has 2 atom stereocenters. The van der Waals surface area contributed by atoms with Gasteiger partial charge in [-0.05, 0) is 30.0 Å². The van der Waals surface area contributed by atoms with E-state index in [9.17, 15) is 45.4 Å². The van der Waals surface area contributed by atoms with Gasteiger partial charge in [0.15, 0.2) is 17.1 Å². The van der Waals surface area contributed by atoms with Crippen molar-refractivity contribution >= 4 is 10.8 Å². The lowest BCUT2D eigenvalue weighted by molar-refractivity contribution is -0.141. The van der Waals surface area contributed by atoms with Crippen LogP contribution in [-0.4, -0.2) is 42.0 Å². The molecular weight excluding hydrogens is 567 g/mol. The minimum atomic E-state index is -5.02. The first-order chi connectivity index (χ1) is 19.2. The van der Waals surface area contributed by atoms with Crippen molar-refractivity contribution in [3.63, 3.8) is 0 Å². The Bertz CT molecular complexity index is 1670. The summed E-state index contributed by atoms with van der Waals surface area (Å²) in [5.74, 6) is -2.11. The highest BCUT2D eigenvalue weighted by Gasteiger charge is 2.39. The normalized spacial score (nSPS) is 13.8. The van der Waals surface area contributed by atoms with E-state index in [4.69, 9.17) is 4.74 Å². The number of pyridine rings is 1. The van der Waals surface area contributed by atoms with E-state index in [1.54, 1.807) is 12.0 Å². The fourth-order valence-corrected chi connectivity index (χ4v) is 4.06. The molecule has 16 heteroatoms. The van der Waals surface area contributed by atoms with Gasteiger partial charge >= 0.3 is 12.4 Å². The first-order valence-electron chi connectivity index (χ1n) is 11.9. The number of nitrogens with zero attached hydrogens (tertiary/aromatic N) is 4. The highest BCUT2D eigenvalue weighted by atomic mass is 19.4. The van der Waals surface area contributed by atoms with Crippen LogP contribution in [0.3, 0.4) is 0 Å². The summed E-state index contributed by atoms with van der Waals surface area (Å²) in [7, 11) is 0. The molecule has 4 rings (SSSR count). The fraction of sp³-hybridized carbons (Fsp3) is 0.320. The zero-order valence-electron chi connectivity index (χ0n) is 20.9. The van der Waals surface area contributed by atoms with Crippen molar-refractivity contribution in [2.24, 2.45) is 0 Å². The third-order valence-electron chi connectivity index (χ3n) is 6.08. The first kappa shape index (κ1) is 29.6. The van der Waals surface area contributed by atoms with Crippen LogP contribution < -0.4 is 15.9 Å². The van der Waals surface area contributed by atoms with Gasteiger partial charge in [-0.15, -0.1) is 0 Å². The van der Waals surface area contributed by atoms with E-state index in [1.165, 1.54) is 18.3 Å². The van der Waals surface area contributed by atoms with Crippen molar-refractivity contribution in [2.45, 2.75) is 50.9 Å². The van der Waals surface area contributed by atoms with Crippen LogP contribution in [0, 0.1) is 5.82 Å². The Labute approximate surface area is 225 Å². The largest absolute Gasteiger partial charge is 0.488 e. The van der Waals surface area contributed by atoms with Crippen LogP contribution >= 0.6 is 0 Å². The Morgan fingerprint density at radius 1 is 1.05 bits per heavy atom. The molecule has 3 aromatic heterocycles. The summed E-state index contributed by atoms with van der Waals surface area (Å²) in [5, 5.41) is 15.7. The molecule has 0 amide bonds. The number of ether oxygens (including phenoxy) is 1. The first-order valence-corrected chi connectivity index (χ1v) is 11.9. The number of aromatic amines is 1. The van der Waals surface area contributed by atoms with Crippen LogP contribution in [0.1, 0.15) is 30.9 Å². The van der Waals surface area contributed by atoms with Gasteiger partial charge in [0, 0.05) is 25.0 Å². The molecule has 3 heterocycles. The van der Waals surface area contributed by atoms with E-state index < -0.39 is 58.4 Å². The molecule has 2 N–H and O–H groups in total. The number of hydrogen-bond donors (Lipinski definition) is 2. The Morgan fingerprint density at radius 2 is 1.73 bits per heavy atom. The lowest BCUT2D eigenvalue weighted by atomic mass is 10.1. The summed E-state index contributed by atoms with van der Waals surface area (Å²) in [6, 6.07) is 3.47. The highest BCUT2D eigenvalue weighted by Crippen LogP contribution is 2.34. The maximum absolute atomic E-state index is 14.9. The highest BCUT2D eigenvalue weighted by molar-refractivity contribution is 5.86. The predicted octanol–water partition coefficient (Wildman–Crippen LogP) is 4.33. The number of nitrogens with one attached hydrogen (secondary N) is 1. The number of hydrogen-bond acceptors (Lipinski definition) is 7. The molecule has 218 valence electrons. The summed E-state index contributed by atoms with van der Waals surface area (Å²) in [4.78, 5) is 31.8. The third kappa shape index (κ3) is 6.53. The Morgan fingerprint density at radius 3 is 2.34 bits per heavy atom. The van der Waals surface area contributed by atoms with Crippen LogP contribution in [0.2, 0.25) is 0 Å². The van der Waals surface area contributed by atoms with Gasteiger partial charge in [-0.1, -0.05) is 6.92 Å². The standard InChI is InChI=1S/C25H20F7N5O4/c1-2-15(41-19-10-35-36-22(39)20(19)25(30,31)32)6-14(38)11-37-4-3-12-5-17(18(26)7-16(12)23(37)40)21-33-8-13(9-34-21)24(27,28)29/h3-5,7-10,14-15,38H,2,6,11H2,1H3,(H,36,39)/t14-,15+/m1/s1. The van der Waals surface area contributed by atoms with E-state index in [1.807, 2.05) is 0 Å². The molecule has 0 unspecified atom stereocenters. The topological polar surface area (TPSA) is 123 Å². The molecule has 1 aromatic carbocycles. The molecule has 0 radical (unpaired) electrons. The van der Waals surface area contributed by atoms with Crippen LogP contribution in [0.25, 0.3) is 22.2 Å². The molecule has 0 spiro atoms. The number of aromatic nitrogens is 5. The van der Waals surface area contributed by atoms with Gasteiger partial charge in [0.1, 0.15) is 11.9 Å². The summed E-state index contributed by atoms with van der Waals surface area (Å²) in [5.41, 5.74) is -5.14. The average molecular weight is 587 g/mol. The molecule has 0 aliphatic heterocycles. The molecule has 0 saturated heterocycles. The van der Waals surface area contributed by atoms with Crippen molar-refractivity contribution in [1.29, 1.82) is 0 Å². The molecule has 0 aliphatic carbocycles. The van der Waals surface area contributed by atoms with Crippen molar-refractivity contribution < 1.29 is 40.6 Å². The average Bonchev–Trinajstić information content (AvgIpc) is 2.89. The van der Waals surface area contributed by atoms with Gasteiger partial charge in [0.25, 0.3) is 11.1 Å². The van der Waals surface area contributed by atoms with Crippen molar-refractivity contribution in [3.8, 4) is 17.1 Å². The Balaban J connectivity index is 1.54. The van der Waals surface area contributed by atoms with Crippen LogP contribution in [0.4, 0.5) is 30.7 Å². The van der Waals surface area contributed by atoms with E-state index >= 15 is 0 Å². The number of fused-ring (bicyclic) bond motifs is 1. The second kappa shape index (κ2) is 11.3. The summed E-state index contributed by atoms with van der Waals surface area (Å²) >= 11 is 0. The Hall–Kier alpha value is -4.34. The quantitative estimate of drug-likeness (QED) is 0.294. The van der Waals surface area contributed by atoms with Gasteiger partial charge < -0.3 is 14.4 Å². The number of alkyl halides is 6. The predicted molar refractivity (Wildman–Crippen MR) is 129 cm³/mol. The number of halogens is 7. The molecule has 0 fully saturated rings. The van der Waals surface area contributed by atoms with E-state index in [0.29, 0.717) is 18.6 Å². The molecule has 41 heavy (non-hydrogen) atoms. The van der Waals surface area contributed by atoms with Gasteiger partial charge in [-0.3, -0.25) is 9.59 Å². The number of aliphatic hydroxyl groups is 1. The number of benzene rings is 1. The summed E-state index contributed by atoms with van der Waals surface area (Å²) in [6.45, 7) is 1.24. The van der Waals surface area contributed by atoms with Gasteiger partial charge in [-0.25, -0.2) is 19.5 Å². The zero-order valence-corrected chi connectivity index (χ0v) is 20.9. The van der Waals surface area contributed by atoms with Crippen molar-refractivity contribution in [1.82, 2.24) is 24.7 Å². The SMILES string of the molecule is CC[C@@H](C[C@@H](O)Cn1ccc2cc(-c3ncc(C(F)(F)F)cn3)c(F)cc2c1=O)Oc1cn[nH]c(=O)c1C(F)(F)F. The molecular formula is C25H20F7N5O4. The van der Waals surface area contributed by atoms with Gasteiger partial charge in [0.2, 0.25) is 0 Å². The van der Waals surface area contributed by atoms with E-state index in [2.05, 4.69) is 15.1 Å². The minimum absolute atomic E-state index is 0.111. The summed E-state index contributed by atoms with van der Waals surface area (Å²) in [6.07, 6.45) is -9.09. The molecule has 9 nitrogen and oxygen atoms in total. The summed E-state index contributed by atoms with van der Waals surface area (Å²) < 4.78 is 99.5. The fourth-order valence-electron chi connectivity index (χ4n) is 4.06. The number of rotatable bonds is 8. The second-order valence-corrected chi connectivity index (χ2v) is 8.96. The van der Waals surface area contributed by atoms with Crippen molar-refractivity contribution in [2.75, 3.05) is 0 Å². The number of aliphatic hydroxyl groups excluding tert-OH is 1. The van der Waals surface area contributed by atoms with Gasteiger partial charge in [-0.2, -0.15) is 31.4 Å². The lowest BCUT2D eigenvalue weighted by Crippen LogP contribution is -2.31. The van der Waals surface area contributed by atoms with Gasteiger partial charge in [0.05, 0.1) is 35.4 Å². The van der Waals surface area contributed by atoms with Crippen LogP contribution in [0.15, 0.2) is 52.6 Å². The second-order valence-electron chi connectivity index (χ2n) is 8.96. The maximum atomic E-state index is 14.9. The lowest BCUT2D eigenvalue weighted by Gasteiger charge is -2.22. The zero-order chi connectivity index (χ0) is 30.1. The number of H-pyrrole nitrogens is 1. The molecule has 0 bridgehead atoms. The van der Waals surface area contributed by atoms with E-state index in [-0.39, 0.29) is 41.5 Å². The monoisotopic (exact) mass is 587 g/mol.